The molecule has 94 valence electrons. The molecule has 1 aromatic rings. The lowest BCUT2D eigenvalue weighted by atomic mass is 10.1. The molecule has 0 bridgehead atoms. The van der Waals surface area contributed by atoms with Crippen LogP contribution in [0.3, 0.4) is 0 Å². The van der Waals surface area contributed by atoms with Gasteiger partial charge in [-0.1, -0.05) is 12.1 Å². The molecule has 1 heterocycles. The van der Waals surface area contributed by atoms with E-state index in [1.54, 1.807) is 0 Å². The van der Waals surface area contributed by atoms with Gasteiger partial charge in [0.25, 0.3) is 0 Å². The first-order chi connectivity index (χ1) is 8.15. The van der Waals surface area contributed by atoms with Crippen LogP contribution in [0.2, 0.25) is 0 Å². The van der Waals surface area contributed by atoms with Crippen molar-refractivity contribution in [2.24, 2.45) is 0 Å². The largest absolute Gasteiger partial charge is 0.392 e. The average molecular weight is 234 g/mol. The van der Waals surface area contributed by atoms with Gasteiger partial charge < -0.3 is 14.9 Å². The Hall–Kier alpha value is -1.06. The fourth-order valence-corrected chi connectivity index (χ4v) is 2.26. The van der Waals surface area contributed by atoms with Gasteiger partial charge >= 0.3 is 0 Å². The van der Waals surface area contributed by atoms with Gasteiger partial charge in [0.2, 0.25) is 0 Å². The van der Waals surface area contributed by atoms with Crippen molar-refractivity contribution in [3.63, 3.8) is 0 Å². The molecule has 3 nitrogen and oxygen atoms in total. The molecule has 0 aliphatic carbocycles. The van der Waals surface area contributed by atoms with Gasteiger partial charge in [0.15, 0.2) is 0 Å². The number of β-amino-alcohol motifs (C(OH)–C–C–N with tert-alkyl or cyclic N) is 1. The maximum atomic E-state index is 9.45. The van der Waals surface area contributed by atoms with Crippen LogP contribution < -0.4 is 4.90 Å². The Labute approximate surface area is 104 Å². The lowest BCUT2D eigenvalue weighted by Gasteiger charge is -2.16. The quantitative estimate of drug-likeness (QED) is 0.852. The van der Waals surface area contributed by atoms with E-state index in [4.69, 9.17) is 0 Å². The van der Waals surface area contributed by atoms with Crippen LogP contribution in [0.5, 0.6) is 0 Å². The van der Waals surface area contributed by atoms with Crippen LogP contribution in [0.25, 0.3) is 0 Å². The van der Waals surface area contributed by atoms with Crippen LogP contribution in [0.1, 0.15) is 12.0 Å². The Kier molecular flexibility index (Phi) is 4.02. The van der Waals surface area contributed by atoms with Gasteiger partial charge in [0.05, 0.1) is 6.10 Å². The highest BCUT2D eigenvalue weighted by Crippen LogP contribution is 2.14. The standard InChI is InChI=1S/C14H22N2O/c1-15(2)13-5-3-12(4-6-13)7-9-16-10-8-14(17)11-16/h3-6,14,17H,7-11H2,1-2H3/t14-/m1/s1. The first kappa shape index (κ1) is 12.4. The zero-order valence-electron chi connectivity index (χ0n) is 10.8. The maximum absolute atomic E-state index is 9.45. The second-order valence-corrected chi connectivity index (χ2v) is 5.05. The highest BCUT2D eigenvalue weighted by Gasteiger charge is 2.19. The lowest BCUT2D eigenvalue weighted by Crippen LogP contribution is -2.24. The molecule has 1 aliphatic rings. The molecule has 1 N–H and O–H groups in total. The summed E-state index contributed by atoms with van der Waals surface area (Å²) in [6.45, 7) is 2.94. The van der Waals surface area contributed by atoms with E-state index in [0.717, 1.165) is 32.5 Å². The Morgan fingerprint density at radius 3 is 2.53 bits per heavy atom. The number of hydrogen-bond acceptors (Lipinski definition) is 3. The summed E-state index contributed by atoms with van der Waals surface area (Å²) >= 11 is 0. The molecule has 0 spiro atoms. The van der Waals surface area contributed by atoms with Gasteiger partial charge in [-0.25, -0.2) is 0 Å². The van der Waals surface area contributed by atoms with Crippen LogP contribution in [0.4, 0.5) is 5.69 Å². The minimum atomic E-state index is -0.105. The van der Waals surface area contributed by atoms with Crippen molar-refractivity contribution in [2.75, 3.05) is 38.6 Å². The smallest absolute Gasteiger partial charge is 0.0679 e. The van der Waals surface area contributed by atoms with Gasteiger partial charge in [-0.15, -0.1) is 0 Å². The summed E-state index contributed by atoms with van der Waals surface area (Å²) in [6.07, 6.45) is 1.89. The third kappa shape index (κ3) is 3.45. The highest BCUT2D eigenvalue weighted by molar-refractivity contribution is 5.46. The molecule has 17 heavy (non-hydrogen) atoms. The van der Waals surface area contributed by atoms with Gasteiger partial charge in [0.1, 0.15) is 0 Å². The van der Waals surface area contributed by atoms with Gasteiger partial charge in [-0.2, -0.15) is 0 Å². The first-order valence-corrected chi connectivity index (χ1v) is 6.32. The molecule has 1 fully saturated rings. The minimum Gasteiger partial charge on any atom is -0.392 e. The lowest BCUT2D eigenvalue weighted by molar-refractivity contribution is 0.177. The van der Waals surface area contributed by atoms with E-state index in [2.05, 4.69) is 48.2 Å². The summed E-state index contributed by atoms with van der Waals surface area (Å²) in [4.78, 5) is 4.45. The third-order valence-electron chi connectivity index (χ3n) is 3.42. The summed E-state index contributed by atoms with van der Waals surface area (Å²) in [7, 11) is 4.11. The second-order valence-electron chi connectivity index (χ2n) is 5.05. The summed E-state index contributed by atoms with van der Waals surface area (Å²) in [5.74, 6) is 0. The fourth-order valence-electron chi connectivity index (χ4n) is 2.26. The zero-order chi connectivity index (χ0) is 12.3. The van der Waals surface area contributed by atoms with E-state index in [1.165, 1.54) is 11.3 Å². The Bertz CT molecular complexity index is 348. The van der Waals surface area contributed by atoms with Crippen molar-refractivity contribution in [3.8, 4) is 0 Å². The second kappa shape index (κ2) is 5.52. The first-order valence-electron chi connectivity index (χ1n) is 6.32. The molecule has 2 rings (SSSR count). The van der Waals surface area contributed by atoms with E-state index in [1.807, 2.05) is 0 Å². The van der Waals surface area contributed by atoms with E-state index in [-0.39, 0.29) is 6.10 Å². The number of aliphatic hydroxyl groups is 1. The molecule has 0 aromatic heterocycles. The zero-order valence-corrected chi connectivity index (χ0v) is 10.8. The molecule has 3 heteroatoms. The molecule has 0 saturated carbocycles. The van der Waals surface area contributed by atoms with Crippen LogP contribution in [-0.4, -0.2) is 49.8 Å². The molecule has 1 aromatic carbocycles. The topological polar surface area (TPSA) is 26.7 Å². The fraction of sp³-hybridized carbons (Fsp3) is 0.571. The van der Waals surface area contributed by atoms with E-state index in [9.17, 15) is 5.11 Å². The predicted molar refractivity (Wildman–Crippen MR) is 71.5 cm³/mol. The predicted octanol–water partition coefficient (Wildman–Crippen LogP) is 1.36. The van der Waals surface area contributed by atoms with Crippen molar-refractivity contribution < 1.29 is 5.11 Å². The third-order valence-corrected chi connectivity index (χ3v) is 3.42. The summed E-state index contributed by atoms with van der Waals surface area (Å²) in [6, 6.07) is 8.71. The molecule has 0 amide bonds. The Morgan fingerprint density at radius 2 is 2.00 bits per heavy atom. The van der Waals surface area contributed by atoms with E-state index >= 15 is 0 Å². The van der Waals surface area contributed by atoms with Crippen molar-refractivity contribution in [2.45, 2.75) is 18.9 Å². The number of aliphatic hydroxyl groups excluding tert-OH is 1. The molecule has 1 atom stereocenters. The Morgan fingerprint density at radius 1 is 1.29 bits per heavy atom. The summed E-state index contributed by atoms with van der Waals surface area (Å²) < 4.78 is 0. The van der Waals surface area contributed by atoms with Crippen LogP contribution in [0, 0.1) is 0 Å². The van der Waals surface area contributed by atoms with Gasteiger partial charge in [0, 0.05) is 39.4 Å². The number of anilines is 1. The maximum Gasteiger partial charge on any atom is 0.0679 e. The highest BCUT2D eigenvalue weighted by atomic mass is 16.3. The number of hydrogen-bond donors (Lipinski definition) is 1. The summed E-state index contributed by atoms with van der Waals surface area (Å²) in [5, 5.41) is 9.45. The van der Waals surface area contributed by atoms with Crippen LogP contribution >= 0.6 is 0 Å². The Balaban J connectivity index is 1.83. The normalized spacial score (nSPS) is 20.8. The van der Waals surface area contributed by atoms with Gasteiger partial charge in [-0.3, -0.25) is 0 Å². The molecular weight excluding hydrogens is 212 g/mol. The van der Waals surface area contributed by atoms with Crippen molar-refractivity contribution in [1.82, 2.24) is 4.90 Å². The summed E-state index contributed by atoms with van der Waals surface area (Å²) in [5.41, 5.74) is 2.61. The average Bonchev–Trinajstić information content (AvgIpc) is 2.73. The van der Waals surface area contributed by atoms with Crippen molar-refractivity contribution in [1.29, 1.82) is 0 Å². The number of nitrogens with zero attached hydrogens (tertiary/aromatic N) is 2. The minimum absolute atomic E-state index is 0.105. The number of rotatable bonds is 4. The molecule has 1 aliphatic heterocycles. The molecule has 0 unspecified atom stereocenters. The molecular formula is C14H22N2O. The molecule has 0 radical (unpaired) electrons. The van der Waals surface area contributed by atoms with E-state index in [0.29, 0.717) is 0 Å². The SMILES string of the molecule is CN(C)c1ccc(CCN2CC[C@@H](O)C2)cc1. The van der Waals surface area contributed by atoms with Crippen LogP contribution in [-0.2, 0) is 6.42 Å². The van der Waals surface area contributed by atoms with Crippen molar-refractivity contribution >= 4 is 5.69 Å². The van der Waals surface area contributed by atoms with E-state index < -0.39 is 0 Å². The number of likely N-dealkylation sites (tertiary alicyclic amines) is 1. The monoisotopic (exact) mass is 234 g/mol. The number of benzene rings is 1. The van der Waals surface area contributed by atoms with Gasteiger partial charge in [-0.05, 0) is 30.5 Å². The van der Waals surface area contributed by atoms with Crippen molar-refractivity contribution in [3.05, 3.63) is 29.8 Å². The van der Waals surface area contributed by atoms with Crippen LogP contribution in [0.15, 0.2) is 24.3 Å². The molecule has 1 saturated heterocycles.